The molecule has 10 nitrogen and oxygen atoms in total. The third-order valence-corrected chi connectivity index (χ3v) is 5.21. The number of imidazole rings is 1. The Morgan fingerprint density at radius 2 is 1.94 bits per heavy atom. The molecular formula is C25H22N8O2. The van der Waals surface area contributed by atoms with Crippen LogP contribution in [0.4, 0.5) is 23.1 Å². The van der Waals surface area contributed by atoms with Crippen LogP contribution in [0.15, 0.2) is 48.8 Å². The summed E-state index contributed by atoms with van der Waals surface area (Å²) in [6.07, 6.45) is 4.72. The largest absolute Gasteiger partial charge is 0.495 e. The molecular weight excluding hydrogens is 444 g/mol. The highest BCUT2D eigenvalue weighted by atomic mass is 16.5. The first-order valence-electron chi connectivity index (χ1n) is 10.7. The van der Waals surface area contributed by atoms with Crippen LogP contribution in [-0.4, -0.2) is 38.3 Å². The standard InChI is InChI=1S/C25H22N8O2/c1-16-12-18(4-3-9-26)13-20(35-2)21(16)30-23-22-24(33(10-11-34)15-28-22)32-25(31-23)29-19-7-5-17(14-27)6-8-19/h3-8,12-13,15,34H,10-11H2,1-2H3,(H2,29,30,31,32)/b4-3+. The van der Waals surface area contributed by atoms with Crippen molar-refractivity contribution >= 4 is 40.4 Å². The first-order chi connectivity index (χ1) is 17.1. The van der Waals surface area contributed by atoms with Crippen molar-refractivity contribution < 1.29 is 9.84 Å². The highest BCUT2D eigenvalue weighted by molar-refractivity contribution is 5.88. The van der Waals surface area contributed by atoms with Crippen LogP contribution < -0.4 is 15.4 Å². The van der Waals surface area contributed by atoms with E-state index in [-0.39, 0.29) is 6.61 Å². The van der Waals surface area contributed by atoms with Gasteiger partial charge in [0.15, 0.2) is 17.0 Å². The fraction of sp³-hybridized carbons (Fsp3) is 0.160. The summed E-state index contributed by atoms with van der Waals surface area (Å²) in [7, 11) is 1.57. The van der Waals surface area contributed by atoms with Gasteiger partial charge in [-0.15, -0.1) is 0 Å². The zero-order chi connectivity index (χ0) is 24.8. The highest BCUT2D eigenvalue weighted by Gasteiger charge is 2.17. The van der Waals surface area contributed by atoms with Crippen molar-refractivity contribution in [1.82, 2.24) is 19.5 Å². The number of aromatic nitrogens is 4. The summed E-state index contributed by atoms with van der Waals surface area (Å²) >= 11 is 0. The van der Waals surface area contributed by atoms with E-state index in [2.05, 4.69) is 31.7 Å². The lowest BCUT2D eigenvalue weighted by Gasteiger charge is -2.16. The van der Waals surface area contributed by atoms with E-state index in [1.165, 1.54) is 6.08 Å². The number of nitriles is 2. The molecule has 4 aromatic rings. The van der Waals surface area contributed by atoms with Gasteiger partial charge >= 0.3 is 0 Å². The SMILES string of the molecule is COc1cc(/C=C/C#N)cc(C)c1Nc1nc(Nc2ccc(C#N)cc2)nc2c1ncn2CCO. The van der Waals surface area contributed by atoms with Crippen LogP contribution >= 0.6 is 0 Å². The second-order valence-electron chi connectivity index (χ2n) is 7.55. The molecule has 0 amide bonds. The third kappa shape index (κ3) is 5.03. The van der Waals surface area contributed by atoms with Crippen molar-refractivity contribution in [2.45, 2.75) is 13.5 Å². The number of aliphatic hydroxyl groups is 1. The molecule has 0 bridgehead atoms. The summed E-state index contributed by atoms with van der Waals surface area (Å²) in [5.41, 5.74) is 4.73. The highest BCUT2D eigenvalue weighted by Crippen LogP contribution is 2.34. The number of nitrogens with one attached hydrogen (secondary N) is 2. The summed E-state index contributed by atoms with van der Waals surface area (Å²) in [5, 5.41) is 33.8. The van der Waals surface area contributed by atoms with Crippen molar-refractivity contribution in [3.05, 3.63) is 65.5 Å². The Hall–Kier alpha value is -4.93. The average molecular weight is 467 g/mol. The number of benzene rings is 2. The lowest BCUT2D eigenvalue weighted by molar-refractivity contribution is 0.277. The van der Waals surface area contributed by atoms with Crippen LogP contribution in [0.1, 0.15) is 16.7 Å². The van der Waals surface area contributed by atoms with Crippen molar-refractivity contribution in [3.8, 4) is 17.9 Å². The Kier molecular flexibility index (Phi) is 6.86. The molecule has 35 heavy (non-hydrogen) atoms. The lowest BCUT2D eigenvalue weighted by Crippen LogP contribution is -2.07. The fourth-order valence-electron chi connectivity index (χ4n) is 3.57. The minimum absolute atomic E-state index is 0.0682. The van der Waals surface area contributed by atoms with Crippen LogP contribution in [0.2, 0.25) is 0 Å². The zero-order valence-corrected chi connectivity index (χ0v) is 19.1. The van der Waals surface area contributed by atoms with Crippen LogP contribution in [0.5, 0.6) is 5.75 Å². The maximum atomic E-state index is 9.46. The van der Waals surface area contributed by atoms with Gasteiger partial charge in [-0.1, -0.05) is 0 Å². The van der Waals surface area contributed by atoms with Gasteiger partial charge in [0.1, 0.15) is 5.75 Å². The second kappa shape index (κ2) is 10.3. The van der Waals surface area contributed by atoms with Gasteiger partial charge in [-0.3, -0.25) is 0 Å². The summed E-state index contributed by atoms with van der Waals surface area (Å²) in [4.78, 5) is 13.7. The number of fused-ring (bicyclic) bond motifs is 1. The van der Waals surface area contributed by atoms with Crippen LogP contribution in [0, 0.1) is 29.6 Å². The van der Waals surface area contributed by atoms with Crippen molar-refractivity contribution in [1.29, 1.82) is 10.5 Å². The Morgan fingerprint density at radius 1 is 1.14 bits per heavy atom. The molecule has 0 saturated carbocycles. The van der Waals surface area contributed by atoms with Crippen molar-refractivity contribution in [2.75, 3.05) is 24.4 Å². The summed E-state index contributed by atoms with van der Waals surface area (Å²) in [5.74, 6) is 1.34. The van der Waals surface area contributed by atoms with Gasteiger partial charge in [0.05, 0.1) is 43.4 Å². The van der Waals surface area contributed by atoms with Gasteiger partial charge in [-0.2, -0.15) is 20.5 Å². The molecule has 0 unspecified atom stereocenters. The van der Waals surface area contributed by atoms with Gasteiger partial charge in [0.25, 0.3) is 0 Å². The lowest BCUT2D eigenvalue weighted by atomic mass is 10.1. The van der Waals surface area contributed by atoms with Gasteiger partial charge in [-0.25, -0.2) is 4.98 Å². The van der Waals surface area contributed by atoms with Crippen molar-refractivity contribution in [3.63, 3.8) is 0 Å². The zero-order valence-electron chi connectivity index (χ0n) is 19.1. The maximum Gasteiger partial charge on any atom is 0.231 e. The van der Waals surface area contributed by atoms with Crippen molar-refractivity contribution in [2.24, 2.45) is 0 Å². The van der Waals surface area contributed by atoms with Crippen LogP contribution in [0.3, 0.4) is 0 Å². The normalized spacial score (nSPS) is 10.8. The topological polar surface area (TPSA) is 145 Å². The minimum Gasteiger partial charge on any atom is -0.495 e. The van der Waals surface area contributed by atoms with E-state index in [1.807, 2.05) is 25.1 Å². The summed E-state index contributed by atoms with van der Waals surface area (Å²) < 4.78 is 7.34. The fourth-order valence-corrected chi connectivity index (χ4v) is 3.57. The Balaban J connectivity index is 1.78. The van der Waals surface area contributed by atoms with E-state index in [0.29, 0.717) is 52.2 Å². The van der Waals surface area contributed by atoms with Crippen LogP contribution in [-0.2, 0) is 6.54 Å². The average Bonchev–Trinajstić information content (AvgIpc) is 3.27. The molecule has 2 aromatic heterocycles. The van der Waals surface area contributed by atoms with Crippen LogP contribution in [0.25, 0.3) is 17.2 Å². The second-order valence-corrected chi connectivity index (χ2v) is 7.55. The molecule has 0 atom stereocenters. The first kappa shape index (κ1) is 23.2. The Labute approximate surface area is 201 Å². The number of aryl methyl sites for hydroxylation is 1. The van der Waals surface area contributed by atoms with E-state index in [4.69, 9.17) is 15.3 Å². The molecule has 174 valence electrons. The monoisotopic (exact) mass is 466 g/mol. The van der Waals surface area contributed by atoms with E-state index in [9.17, 15) is 5.11 Å². The number of aliphatic hydroxyl groups excluding tert-OH is 1. The molecule has 0 spiro atoms. The Bertz CT molecular complexity index is 1480. The smallest absolute Gasteiger partial charge is 0.231 e. The predicted molar refractivity (Wildman–Crippen MR) is 133 cm³/mol. The van der Waals surface area contributed by atoms with Gasteiger partial charge in [0.2, 0.25) is 5.95 Å². The van der Waals surface area contributed by atoms with Gasteiger partial charge in [-0.05, 0) is 60.5 Å². The summed E-state index contributed by atoms with van der Waals surface area (Å²) in [6.45, 7) is 2.18. The molecule has 0 aliphatic carbocycles. The number of nitrogens with zero attached hydrogens (tertiary/aromatic N) is 6. The number of hydrogen-bond donors (Lipinski definition) is 3. The third-order valence-electron chi connectivity index (χ3n) is 5.21. The van der Waals surface area contributed by atoms with Gasteiger partial charge in [0, 0.05) is 18.3 Å². The van der Waals surface area contributed by atoms with E-state index in [0.717, 1.165) is 11.1 Å². The van der Waals surface area contributed by atoms with E-state index >= 15 is 0 Å². The number of anilines is 4. The molecule has 3 N–H and O–H groups in total. The minimum atomic E-state index is -0.0682. The number of ether oxygens (including phenoxy) is 1. The predicted octanol–water partition coefficient (Wildman–Crippen LogP) is 4.03. The Morgan fingerprint density at radius 3 is 2.63 bits per heavy atom. The number of hydrogen-bond acceptors (Lipinski definition) is 9. The first-order valence-corrected chi connectivity index (χ1v) is 10.7. The van der Waals surface area contributed by atoms with E-state index in [1.54, 1.807) is 48.3 Å². The number of rotatable bonds is 8. The molecule has 0 aliphatic rings. The van der Waals surface area contributed by atoms with E-state index < -0.39 is 0 Å². The quantitative estimate of drug-likeness (QED) is 0.328. The molecule has 0 aliphatic heterocycles. The van der Waals surface area contributed by atoms with Gasteiger partial charge < -0.3 is 25.0 Å². The molecule has 2 aromatic carbocycles. The molecule has 0 fully saturated rings. The number of methoxy groups -OCH3 is 1. The summed E-state index contributed by atoms with van der Waals surface area (Å²) in [6, 6.07) is 14.8. The molecule has 2 heterocycles. The number of allylic oxidation sites excluding steroid dienone is 1. The maximum absolute atomic E-state index is 9.46. The molecule has 0 saturated heterocycles. The molecule has 0 radical (unpaired) electrons. The molecule has 10 heteroatoms. The molecule has 4 rings (SSSR count).